The van der Waals surface area contributed by atoms with E-state index in [-0.39, 0.29) is 17.0 Å². The Morgan fingerprint density at radius 3 is 2.69 bits per heavy atom. The molecule has 0 aromatic carbocycles. The number of pyridine rings is 1. The molecule has 0 bridgehead atoms. The Kier molecular flexibility index (Phi) is 5.90. The molecule has 0 amide bonds. The maximum Gasteiger partial charge on any atom is 0.356 e. The van der Waals surface area contributed by atoms with Gasteiger partial charge in [-0.05, 0) is 11.6 Å². The topological polar surface area (TPSA) is 39.2 Å². The van der Waals surface area contributed by atoms with Crippen LogP contribution in [0.15, 0.2) is 18.3 Å². The first-order chi connectivity index (χ1) is 5.77. The summed E-state index contributed by atoms with van der Waals surface area (Å²) >= 11 is 3.28. The van der Waals surface area contributed by atoms with Crippen LogP contribution in [0.1, 0.15) is 16.1 Å². The predicted octanol–water partition coefficient (Wildman–Crippen LogP) is 2.34. The standard InChI is InChI=1S/C8H8BrNO2.BrH/c1-12-8(11)7-3-2-6(4-9)5-10-7;/h2-3,5H,4H2,1H3;1H. The molecule has 72 valence electrons. The van der Waals surface area contributed by atoms with Crippen molar-refractivity contribution < 1.29 is 9.53 Å². The number of carbonyl (C=O) groups is 1. The highest BCUT2D eigenvalue weighted by Crippen LogP contribution is 2.05. The molecule has 0 atom stereocenters. The molecule has 0 aliphatic carbocycles. The molecule has 0 saturated heterocycles. The minimum Gasteiger partial charge on any atom is -0.464 e. The second-order valence-electron chi connectivity index (χ2n) is 2.18. The van der Waals surface area contributed by atoms with Crippen LogP contribution in [-0.2, 0) is 10.1 Å². The summed E-state index contributed by atoms with van der Waals surface area (Å²) in [6, 6.07) is 3.47. The third-order valence-electron chi connectivity index (χ3n) is 1.37. The lowest BCUT2D eigenvalue weighted by molar-refractivity contribution is 0.0594. The molecular weight excluding hydrogens is 302 g/mol. The molecule has 1 aromatic heterocycles. The number of halogens is 2. The van der Waals surface area contributed by atoms with Crippen LogP contribution in [0.2, 0.25) is 0 Å². The summed E-state index contributed by atoms with van der Waals surface area (Å²) < 4.78 is 4.50. The maximum atomic E-state index is 10.9. The Labute approximate surface area is 95.4 Å². The molecule has 0 spiro atoms. The molecule has 1 heterocycles. The van der Waals surface area contributed by atoms with Crippen molar-refractivity contribution in [3.63, 3.8) is 0 Å². The van der Waals surface area contributed by atoms with Gasteiger partial charge in [0.25, 0.3) is 0 Å². The van der Waals surface area contributed by atoms with Gasteiger partial charge in [-0.15, -0.1) is 17.0 Å². The van der Waals surface area contributed by atoms with E-state index < -0.39 is 5.97 Å². The number of aromatic nitrogens is 1. The fraction of sp³-hybridized carbons (Fsp3) is 0.250. The van der Waals surface area contributed by atoms with Crippen molar-refractivity contribution in [2.75, 3.05) is 7.11 Å². The number of hydrogen-bond donors (Lipinski definition) is 0. The Morgan fingerprint density at radius 2 is 2.31 bits per heavy atom. The van der Waals surface area contributed by atoms with Crippen molar-refractivity contribution in [1.82, 2.24) is 4.98 Å². The Bertz CT molecular complexity index is 274. The molecule has 0 aliphatic rings. The highest BCUT2D eigenvalue weighted by molar-refractivity contribution is 9.08. The zero-order valence-corrected chi connectivity index (χ0v) is 10.3. The summed E-state index contributed by atoms with van der Waals surface area (Å²) in [6.07, 6.45) is 1.64. The zero-order valence-electron chi connectivity index (χ0n) is 6.99. The highest BCUT2D eigenvalue weighted by Gasteiger charge is 2.04. The molecule has 0 saturated carbocycles. The van der Waals surface area contributed by atoms with E-state index in [0.717, 1.165) is 10.9 Å². The maximum absolute atomic E-state index is 10.9. The fourth-order valence-electron chi connectivity index (χ4n) is 0.729. The van der Waals surface area contributed by atoms with Gasteiger partial charge in [0.15, 0.2) is 0 Å². The lowest BCUT2D eigenvalue weighted by Gasteiger charge is -1.98. The second kappa shape index (κ2) is 6.10. The molecule has 3 nitrogen and oxygen atoms in total. The van der Waals surface area contributed by atoms with Crippen LogP contribution in [0.4, 0.5) is 0 Å². The third kappa shape index (κ3) is 3.44. The minimum atomic E-state index is -0.406. The van der Waals surface area contributed by atoms with Gasteiger partial charge in [0.1, 0.15) is 5.69 Å². The average molecular weight is 311 g/mol. The van der Waals surface area contributed by atoms with Gasteiger partial charge in [0, 0.05) is 11.5 Å². The van der Waals surface area contributed by atoms with E-state index in [2.05, 4.69) is 25.7 Å². The summed E-state index contributed by atoms with van der Waals surface area (Å²) in [5, 5.41) is 0.738. The van der Waals surface area contributed by atoms with Gasteiger partial charge in [0.05, 0.1) is 7.11 Å². The Balaban J connectivity index is 0.00000144. The predicted molar refractivity (Wildman–Crippen MR) is 58.5 cm³/mol. The first-order valence-electron chi connectivity index (χ1n) is 3.37. The van der Waals surface area contributed by atoms with Gasteiger partial charge in [0.2, 0.25) is 0 Å². The average Bonchev–Trinajstić information content (AvgIpc) is 2.17. The molecule has 0 fully saturated rings. The summed E-state index contributed by atoms with van der Waals surface area (Å²) in [5.41, 5.74) is 1.37. The van der Waals surface area contributed by atoms with Crippen LogP contribution in [0.3, 0.4) is 0 Å². The summed E-state index contributed by atoms with van der Waals surface area (Å²) in [6.45, 7) is 0. The first kappa shape index (κ1) is 12.6. The number of hydrogen-bond acceptors (Lipinski definition) is 3. The van der Waals surface area contributed by atoms with E-state index in [0.29, 0.717) is 5.69 Å². The molecular formula is C8H9Br2NO2. The van der Waals surface area contributed by atoms with Crippen molar-refractivity contribution >= 4 is 38.9 Å². The molecule has 1 aromatic rings. The lowest BCUT2D eigenvalue weighted by atomic mass is 10.3. The summed E-state index contributed by atoms with van der Waals surface area (Å²) in [7, 11) is 1.34. The van der Waals surface area contributed by atoms with E-state index in [1.807, 2.05) is 6.07 Å². The van der Waals surface area contributed by atoms with E-state index in [1.165, 1.54) is 7.11 Å². The van der Waals surface area contributed by atoms with Crippen molar-refractivity contribution in [3.05, 3.63) is 29.6 Å². The number of nitrogens with zero attached hydrogens (tertiary/aromatic N) is 1. The number of ether oxygens (including phenoxy) is 1. The molecule has 13 heavy (non-hydrogen) atoms. The van der Waals surface area contributed by atoms with Crippen molar-refractivity contribution in [2.45, 2.75) is 5.33 Å². The number of carbonyl (C=O) groups excluding carboxylic acids is 1. The number of alkyl halides is 1. The van der Waals surface area contributed by atoms with Crippen LogP contribution in [-0.4, -0.2) is 18.1 Å². The van der Waals surface area contributed by atoms with Gasteiger partial charge in [-0.2, -0.15) is 0 Å². The number of esters is 1. The van der Waals surface area contributed by atoms with Crippen LogP contribution >= 0.6 is 32.9 Å². The number of methoxy groups -OCH3 is 1. The van der Waals surface area contributed by atoms with Crippen LogP contribution < -0.4 is 0 Å². The first-order valence-corrected chi connectivity index (χ1v) is 4.49. The van der Waals surface area contributed by atoms with E-state index in [9.17, 15) is 4.79 Å². The summed E-state index contributed by atoms with van der Waals surface area (Å²) in [5.74, 6) is -0.406. The lowest BCUT2D eigenvalue weighted by Crippen LogP contribution is -2.03. The molecule has 0 radical (unpaired) electrons. The SMILES string of the molecule is Br.COC(=O)c1ccc(CBr)cn1. The smallest absolute Gasteiger partial charge is 0.356 e. The van der Waals surface area contributed by atoms with E-state index in [1.54, 1.807) is 12.3 Å². The van der Waals surface area contributed by atoms with E-state index >= 15 is 0 Å². The van der Waals surface area contributed by atoms with Crippen molar-refractivity contribution in [1.29, 1.82) is 0 Å². The quantitative estimate of drug-likeness (QED) is 0.622. The Morgan fingerprint density at radius 1 is 1.62 bits per heavy atom. The van der Waals surface area contributed by atoms with Crippen LogP contribution in [0.25, 0.3) is 0 Å². The third-order valence-corrected chi connectivity index (χ3v) is 2.02. The largest absolute Gasteiger partial charge is 0.464 e. The van der Waals surface area contributed by atoms with Crippen molar-refractivity contribution in [2.24, 2.45) is 0 Å². The normalized spacial score (nSPS) is 8.77. The van der Waals surface area contributed by atoms with Gasteiger partial charge in [-0.25, -0.2) is 9.78 Å². The molecule has 0 N–H and O–H groups in total. The summed E-state index contributed by atoms with van der Waals surface area (Å²) in [4.78, 5) is 14.8. The van der Waals surface area contributed by atoms with Crippen LogP contribution in [0.5, 0.6) is 0 Å². The molecule has 0 unspecified atom stereocenters. The molecule has 1 rings (SSSR count). The monoisotopic (exact) mass is 309 g/mol. The Hall–Kier alpha value is -0.420. The van der Waals surface area contributed by atoms with Gasteiger partial charge >= 0.3 is 5.97 Å². The van der Waals surface area contributed by atoms with Gasteiger partial charge in [-0.1, -0.05) is 22.0 Å². The number of rotatable bonds is 2. The zero-order chi connectivity index (χ0) is 8.97. The van der Waals surface area contributed by atoms with Gasteiger partial charge in [-0.3, -0.25) is 0 Å². The fourth-order valence-corrected chi connectivity index (χ4v) is 1.06. The van der Waals surface area contributed by atoms with Crippen molar-refractivity contribution in [3.8, 4) is 0 Å². The van der Waals surface area contributed by atoms with Crippen LogP contribution in [0, 0.1) is 0 Å². The van der Waals surface area contributed by atoms with Gasteiger partial charge < -0.3 is 4.74 Å². The molecule has 0 aliphatic heterocycles. The van der Waals surface area contributed by atoms with E-state index in [4.69, 9.17) is 0 Å². The molecule has 5 heteroatoms. The highest BCUT2D eigenvalue weighted by atomic mass is 79.9. The minimum absolute atomic E-state index is 0. The second-order valence-corrected chi connectivity index (χ2v) is 2.74.